The molecule has 0 bridgehead atoms. The number of hydrogen-bond donors (Lipinski definition) is 2. The molecule has 2 aliphatic rings. The van der Waals surface area contributed by atoms with Crippen LogP contribution >= 0.6 is 0 Å². The minimum Gasteiger partial charge on any atom is -0.350 e. The van der Waals surface area contributed by atoms with E-state index >= 15 is 0 Å². The van der Waals surface area contributed by atoms with Crippen LogP contribution < -0.4 is 5.32 Å². The summed E-state index contributed by atoms with van der Waals surface area (Å²) in [7, 11) is 1.45. The molecule has 1 spiro atoms. The van der Waals surface area contributed by atoms with Gasteiger partial charge in [-0.3, -0.25) is 24.1 Å². The highest BCUT2D eigenvalue weighted by Crippen LogP contribution is 2.46. The maximum atomic E-state index is 14.1. The van der Waals surface area contributed by atoms with Gasteiger partial charge >= 0.3 is 6.17 Å². The van der Waals surface area contributed by atoms with Crippen molar-refractivity contribution in [2.45, 2.75) is 37.4 Å². The predicted molar refractivity (Wildman–Crippen MR) is 128 cm³/mol. The van der Waals surface area contributed by atoms with E-state index in [1.54, 1.807) is 19.1 Å². The number of amides is 3. The Morgan fingerprint density at radius 2 is 2.03 bits per heavy atom. The molecule has 1 aromatic heterocycles. The second kappa shape index (κ2) is 8.45. The van der Waals surface area contributed by atoms with Crippen molar-refractivity contribution in [1.82, 2.24) is 14.8 Å². The molecule has 0 unspecified atom stereocenters. The topological polar surface area (TPSA) is 89.9 Å². The minimum absolute atomic E-state index is 0.00645. The first-order valence-electron chi connectivity index (χ1n) is 11.5. The van der Waals surface area contributed by atoms with Crippen LogP contribution in [0.2, 0.25) is 0 Å². The molecule has 10 heteroatoms. The molecule has 3 atom stereocenters. The number of carbonyl (C=O) groups excluding carboxylic acids is 3. The third-order valence-electron chi connectivity index (χ3n) is 7.23. The molecule has 0 aliphatic carbocycles. The van der Waals surface area contributed by atoms with Crippen LogP contribution in [0.4, 0.5) is 14.5 Å². The maximum absolute atomic E-state index is 14.1. The first-order valence-corrected chi connectivity index (χ1v) is 11.5. The summed E-state index contributed by atoms with van der Waals surface area (Å²) in [5, 5.41) is 2.92. The fourth-order valence-corrected chi connectivity index (χ4v) is 5.37. The molecule has 3 amide bonds. The van der Waals surface area contributed by atoms with E-state index in [1.165, 1.54) is 22.9 Å². The lowest BCUT2D eigenvalue weighted by Crippen LogP contribution is -2.51. The van der Waals surface area contributed by atoms with Gasteiger partial charge in [-0.05, 0) is 30.2 Å². The van der Waals surface area contributed by atoms with E-state index in [1.807, 2.05) is 12.1 Å². The molecule has 2 N–H and O–H groups in total. The quantitative estimate of drug-likeness (QED) is 0.546. The molecule has 184 valence electrons. The molecule has 2 aromatic carbocycles. The number of aromatic amines is 1. The van der Waals surface area contributed by atoms with E-state index in [-0.39, 0.29) is 41.9 Å². The zero-order valence-corrected chi connectivity index (χ0v) is 19.6. The molecule has 36 heavy (non-hydrogen) atoms. The summed E-state index contributed by atoms with van der Waals surface area (Å²) >= 11 is 0. The van der Waals surface area contributed by atoms with Crippen molar-refractivity contribution >= 4 is 34.3 Å². The highest BCUT2D eigenvalue weighted by Gasteiger charge is 2.59. The maximum Gasteiger partial charge on any atom is 0.302 e. The number of nitrogens with one attached hydrogen (secondary N) is 2. The lowest BCUT2D eigenvalue weighted by atomic mass is 9.80. The van der Waals surface area contributed by atoms with E-state index < -0.39 is 41.1 Å². The van der Waals surface area contributed by atoms with Crippen molar-refractivity contribution < 1.29 is 23.2 Å². The van der Waals surface area contributed by atoms with Crippen molar-refractivity contribution in [3.8, 4) is 0 Å². The van der Waals surface area contributed by atoms with Crippen LogP contribution in [-0.2, 0) is 15.0 Å². The first kappa shape index (κ1) is 23.5. The van der Waals surface area contributed by atoms with Crippen LogP contribution in [0.3, 0.4) is 0 Å². The van der Waals surface area contributed by atoms with Crippen molar-refractivity contribution in [2.24, 2.45) is 0 Å². The summed E-state index contributed by atoms with van der Waals surface area (Å²) in [4.78, 5) is 48.9. The zero-order valence-electron chi connectivity index (χ0n) is 19.6. The standard InChI is InChI=1S/C26H23F2N5O3/c1-4-21(32(3)23(34)20-11-15-17(28)9-14(27)10-19(15)30-20)24(35)33-13-26(12-22(33)29-2)16-7-5-6-8-18(16)31-25(26)36/h5-11,21-22,30H,4,12-13H2,1,3H3,(H,31,36)/t21-,22-,26-/m0/s1. The van der Waals surface area contributed by atoms with E-state index in [4.69, 9.17) is 6.57 Å². The van der Waals surface area contributed by atoms with Gasteiger partial charge in [-0.15, -0.1) is 0 Å². The third-order valence-corrected chi connectivity index (χ3v) is 7.23. The monoisotopic (exact) mass is 491 g/mol. The van der Waals surface area contributed by atoms with E-state index in [9.17, 15) is 23.2 Å². The number of para-hydroxylation sites is 1. The highest BCUT2D eigenvalue weighted by atomic mass is 19.1. The van der Waals surface area contributed by atoms with E-state index in [2.05, 4.69) is 15.1 Å². The Morgan fingerprint density at radius 1 is 1.28 bits per heavy atom. The van der Waals surface area contributed by atoms with Gasteiger partial charge in [-0.1, -0.05) is 25.1 Å². The molecule has 3 heterocycles. The minimum atomic E-state index is -1.03. The Balaban J connectivity index is 1.43. The van der Waals surface area contributed by atoms with Gasteiger partial charge in [0, 0.05) is 30.7 Å². The molecular weight excluding hydrogens is 468 g/mol. The number of aromatic nitrogens is 1. The Kier molecular flexibility index (Phi) is 5.51. The van der Waals surface area contributed by atoms with Gasteiger partial charge in [-0.2, -0.15) is 0 Å². The average Bonchev–Trinajstić information content (AvgIpc) is 3.54. The number of hydrogen-bond acceptors (Lipinski definition) is 3. The number of anilines is 1. The van der Waals surface area contributed by atoms with Crippen molar-refractivity contribution in [3.63, 3.8) is 0 Å². The highest BCUT2D eigenvalue weighted by molar-refractivity contribution is 6.07. The van der Waals surface area contributed by atoms with E-state index in [0.29, 0.717) is 5.69 Å². The van der Waals surface area contributed by atoms with Crippen LogP contribution in [0.25, 0.3) is 15.7 Å². The second-order valence-electron chi connectivity index (χ2n) is 9.23. The largest absolute Gasteiger partial charge is 0.350 e. The number of fused-ring (bicyclic) bond motifs is 3. The first-order chi connectivity index (χ1) is 17.2. The molecular formula is C26H23F2N5O3. The summed E-state index contributed by atoms with van der Waals surface area (Å²) in [5.41, 5.74) is 0.531. The van der Waals surface area contributed by atoms with Crippen LogP contribution in [0.1, 0.15) is 35.8 Å². The normalized spacial score (nSPS) is 21.4. The van der Waals surface area contributed by atoms with Gasteiger partial charge in [0.25, 0.3) is 11.8 Å². The van der Waals surface area contributed by atoms with Gasteiger partial charge in [0.05, 0.1) is 11.9 Å². The van der Waals surface area contributed by atoms with Crippen molar-refractivity contribution in [1.29, 1.82) is 0 Å². The number of H-pyrrole nitrogens is 1. The van der Waals surface area contributed by atoms with Crippen molar-refractivity contribution in [2.75, 3.05) is 18.9 Å². The molecule has 1 saturated heterocycles. The lowest BCUT2D eigenvalue weighted by molar-refractivity contribution is -0.136. The van der Waals surface area contributed by atoms with Crippen LogP contribution in [-0.4, -0.2) is 58.3 Å². The molecule has 3 aromatic rings. The molecule has 0 radical (unpaired) electrons. The smallest absolute Gasteiger partial charge is 0.302 e. The summed E-state index contributed by atoms with van der Waals surface area (Å²) < 4.78 is 27.7. The van der Waals surface area contributed by atoms with Crippen LogP contribution in [0.5, 0.6) is 0 Å². The summed E-state index contributed by atoms with van der Waals surface area (Å²) in [6.45, 7) is 9.46. The number of benzene rings is 2. The van der Waals surface area contributed by atoms with Crippen LogP contribution in [0.15, 0.2) is 42.5 Å². The number of carbonyl (C=O) groups is 3. The number of nitrogens with zero attached hydrogens (tertiary/aromatic N) is 3. The summed E-state index contributed by atoms with van der Waals surface area (Å²) in [6, 6.07) is 9.41. The SMILES string of the molecule is [C-]#[N+][C@@H]1C[C@@]2(CN1C(=O)[C@H](CC)N(C)C(=O)c1cc3c(F)cc(F)cc3[nH]1)C(=O)Nc1ccccc12. The van der Waals surface area contributed by atoms with Crippen LogP contribution in [0, 0.1) is 18.2 Å². The Bertz CT molecular complexity index is 1460. The third kappa shape index (κ3) is 3.42. The number of likely N-dealkylation sites (tertiary alicyclic amines) is 1. The Labute approximate surface area is 205 Å². The Morgan fingerprint density at radius 3 is 2.75 bits per heavy atom. The fraction of sp³-hybridized carbons (Fsp3) is 0.308. The number of rotatable bonds is 4. The van der Waals surface area contributed by atoms with E-state index in [0.717, 1.165) is 17.7 Å². The molecule has 5 rings (SSSR count). The molecule has 1 fully saturated rings. The van der Waals surface area contributed by atoms with Gasteiger partial charge in [0.2, 0.25) is 5.91 Å². The van der Waals surface area contributed by atoms with Crippen molar-refractivity contribution in [3.05, 3.63) is 76.8 Å². The lowest BCUT2D eigenvalue weighted by Gasteiger charge is -2.30. The second-order valence-corrected chi connectivity index (χ2v) is 9.23. The number of halogens is 2. The zero-order chi connectivity index (χ0) is 25.8. The number of likely N-dealkylation sites (N-methyl/N-ethyl adjacent to an activating group) is 1. The van der Waals surface area contributed by atoms with Gasteiger partial charge in [-0.25, -0.2) is 15.4 Å². The molecule has 0 saturated carbocycles. The Hall–Kier alpha value is -4.26. The van der Waals surface area contributed by atoms with Gasteiger partial charge in [0.15, 0.2) is 0 Å². The summed E-state index contributed by atoms with van der Waals surface area (Å²) in [6.07, 6.45) is -0.454. The molecule has 2 aliphatic heterocycles. The fourth-order valence-electron chi connectivity index (χ4n) is 5.37. The average molecular weight is 491 g/mol. The predicted octanol–water partition coefficient (Wildman–Crippen LogP) is 3.66. The molecule has 8 nitrogen and oxygen atoms in total. The summed E-state index contributed by atoms with van der Waals surface area (Å²) in [5.74, 6) is -2.86. The van der Waals surface area contributed by atoms with Gasteiger partial charge < -0.3 is 15.2 Å². The van der Waals surface area contributed by atoms with Gasteiger partial charge in [0.1, 0.15) is 28.8 Å².